The van der Waals surface area contributed by atoms with Crippen LogP contribution < -0.4 is 5.32 Å². The van der Waals surface area contributed by atoms with Gasteiger partial charge >= 0.3 is 0 Å². The Kier molecular flexibility index (Phi) is 3.45. The van der Waals surface area contributed by atoms with E-state index in [1.807, 2.05) is 24.3 Å². The molecule has 0 fully saturated rings. The fourth-order valence-electron chi connectivity index (χ4n) is 2.13. The Hall–Kier alpha value is -1.39. The third-order valence-corrected chi connectivity index (χ3v) is 3.22. The number of carbonyl (C=O) groups is 1. The average molecular weight is 235 g/mol. The maximum absolute atomic E-state index is 11.7. The van der Waals surface area contributed by atoms with Crippen molar-refractivity contribution in [3.63, 3.8) is 0 Å². The molecule has 3 N–H and O–H groups in total. The topological polar surface area (TPSA) is 69.6 Å². The van der Waals surface area contributed by atoms with Crippen molar-refractivity contribution in [1.29, 1.82) is 0 Å². The molecule has 2 rings (SSSR count). The molecule has 0 saturated carbocycles. The molecule has 4 heteroatoms. The van der Waals surface area contributed by atoms with E-state index in [4.69, 9.17) is 5.11 Å². The molecule has 0 bridgehead atoms. The number of rotatable bonds is 3. The number of fused-ring (bicyclic) bond motifs is 1. The Morgan fingerprint density at radius 3 is 2.94 bits per heavy atom. The molecule has 17 heavy (non-hydrogen) atoms. The summed E-state index contributed by atoms with van der Waals surface area (Å²) >= 11 is 0. The average Bonchev–Trinajstić information content (AvgIpc) is 2.65. The molecule has 1 aliphatic carbocycles. The van der Waals surface area contributed by atoms with E-state index in [1.54, 1.807) is 6.92 Å². The van der Waals surface area contributed by atoms with Gasteiger partial charge < -0.3 is 15.5 Å². The van der Waals surface area contributed by atoms with E-state index in [-0.39, 0.29) is 18.6 Å². The number of nitrogens with one attached hydrogen (secondary N) is 1. The number of hydrogen-bond acceptors (Lipinski definition) is 3. The first kappa shape index (κ1) is 12.1. The second-order valence-electron chi connectivity index (χ2n) is 4.54. The highest BCUT2D eigenvalue weighted by Gasteiger charge is 2.32. The summed E-state index contributed by atoms with van der Waals surface area (Å²) in [5.41, 5.74) is 2.04. The van der Waals surface area contributed by atoms with Crippen LogP contribution in [0.15, 0.2) is 24.3 Å². The lowest BCUT2D eigenvalue weighted by Gasteiger charge is -2.19. The van der Waals surface area contributed by atoms with Crippen molar-refractivity contribution in [1.82, 2.24) is 5.32 Å². The predicted molar refractivity (Wildman–Crippen MR) is 63.3 cm³/mol. The van der Waals surface area contributed by atoms with Crippen LogP contribution in [-0.2, 0) is 11.2 Å². The summed E-state index contributed by atoms with van der Waals surface area (Å²) in [4.78, 5) is 11.7. The largest absolute Gasteiger partial charge is 0.396 e. The van der Waals surface area contributed by atoms with Gasteiger partial charge in [0.2, 0.25) is 5.91 Å². The molecule has 92 valence electrons. The Balaban J connectivity index is 2.14. The van der Waals surface area contributed by atoms with Gasteiger partial charge in [0.15, 0.2) is 0 Å². The van der Waals surface area contributed by atoms with Crippen molar-refractivity contribution >= 4 is 5.91 Å². The molecule has 0 saturated heterocycles. The zero-order valence-corrected chi connectivity index (χ0v) is 9.76. The lowest BCUT2D eigenvalue weighted by atomic mass is 10.1. The first-order valence-electron chi connectivity index (χ1n) is 5.80. The SMILES string of the molecule is CC(CO)C(=O)NC1c2ccccc2CC1O. The first-order chi connectivity index (χ1) is 8.13. The number of carbonyl (C=O) groups excluding carboxylic acids is 1. The van der Waals surface area contributed by atoms with Crippen LogP contribution in [0.2, 0.25) is 0 Å². The van der Waals surface area contributed by atoms with Gasteiger partial charge in [-0.1, -0.05) is 31.2 Å². The van der Waals surface area contributed by atoms with E-state index in [9.17, 15) is 9.90 Å². The summed E-state index contributed by atoms with van der Waals surface area (Å²) in [6.07, 6.45) is -0.0171. The minimum Gasteiger partial charge on any atom is -0.396 e. The van der Waals surface area contributed by atoms with Crippen molar-refractivity contribution in [3.8, 4) is 0 Å². The van der Waals surface area contributed by atoms with Crippen molar-refractivity contribution in [2.45, 2.75) is 25.5 Å². The summed E-state index contributed by atoms with van der Waals surface area (Å²) in [5, 5.41) is 21.6. The second kappa shape index (κ2) is 4.85. The minimum absolute atomic E-state index is 0.184. The molecule has 1 aromatic carbocycles. The third kappa shape index (κ3) is 2.33. The highest BCUT2D eigenvalue weighted by atomic mass is 16.3. The Bertz CT molecular complexity index is 419. The van der Waals surface area contributed by atoms with E-state index in [0.717, 1.165) is 11.1 Å². The van der Waals surface area contributed by atoms with Crippen LogP contribution in [0.3, 0.4) is 0 Å². The van der Waals surface area contributed by atoms with Gasteiger partial charge in [-0.15, -0.1) is 0 Å². The molecule has 1 aromatic rings. The van der Waals surface area contributed by atoms with Gasteiger partial charge in [0, 0.05) is 6.42 Å². The second-order valence-corrected chi connectivity index (χ2v) is 4.54. The lowest BCUT2D eigenvalue weighted by molar-refractivity contribution is -0.127. The van der Waals surface area contributed by atoms with Crippen molar-refractivity contribution in [2.75, 3.05) is 6.61 Å². The van der Waals surface area contributed by atoms with E-state index in [2.05, 4.69) is 5.32 Å². The Morgan fingerprint density at radius 2 is 2.24 bits per heavy atom. The van der Waals surface area contributed by atoms with Crippen LogP contribution in [0, 0.1) is 5.92 Å². The van der Waals surface area contributed by atoms with Gasteiger partial charge in [0.1, 0.15) is 0 Å². The van der Waals surface area contributed by atoms with E-state index in [0.29, 0.717) is 6.42 Å². The Labute approximate surface area is 100 Å². The van der Waals surface area contributed by atoms with Gasteiger partial charge in [-0.05, 0) is 11.1 Å². The molecule has 0 radical (unpaired) electrons. The first-order valence-corrected chi connectivity index (χ1v) is 5.80. The number of amides is 1. The molecule has 0 heterocycles. The number of benzene rings is 1. The van der Waals surface area contributed by atoms with E-state index < -0.39 is 12.0 Å². The normalized spacial score (nSPS) is 24.2. The lowest BCUT2D eigenvalue weighted by Crippen LogP contribution is -2.38. The molecule has 0 spiro atoms. The van der Waals surface area contributed by atoms with E-state index >= 15 is 0 Å². The maximum Gasteiger partial charge on any atom is 0.225 e. The highest BCUT2D eigenvalue weighted by Crippen LogP contribution is 2.31. The maximum atomic E-state index is 11.7. The van der Waals surface area contributed by atoms with Crippen molar-refractivity contribution in [3.05, 3.63) is 35.4 Å². The van der Waals surface area contributed by atoms with Crippen molar-refractivity contribution < 1.29 is 15.0 Å². The Morgan fingerprint density at radius 1 is 1.53 bits per heavy atom. The van der Waals surface area contributed by atoms with Gasteiger partial charge in [-0.2, -0.15) is 0 Å². The van der Waals surface area contributed by atoms with Gasteiger partial charge in [0.05, 0.1) is 24.7 Å². The quantitative estimate of drug-likeness (QED) is 0.710. The van der Waals surface area contributed by atoms with E-state index in [1.165, 1.54) is 0 Å². The summed E-state index contributed by atoms with van der Waals surface area (Å²) in [5.74, 6) is -0.678. The molecular weight excluding hydrogens is 218 g/mol. The number of hydrogen-bond donors (Lipinski definition) is 3. The molecular formula is C13H17NO3. The fraction of sp³-hybridized carbons (Fsp3) is 0.462. The zero-order chi connectivity index (χ0) is 12.4. The van der Waals surface area contributed by atoms with Crippen molar-refractivity contribution in [2.24, 2.45) is 5.92 Å². The van der Waals surface area contributed by atoms with Crippen LogP contribution in [0.4, 0.5) is 0 Å². The monoisotopic (exact) mass is 235 g/mol. The molecule has 3 unspecified atom stereocenters. The highest BCUT2D eigenvalue weighted by molar-refractivity contribution is 5.79. The number of aliphatic hydroxyl groups is 2. The molecule has 3 atom stereocenters. The zero-order valence-electron chi connectivity index (χ0n) is 9.76. The minimum atomic E-state index is -0.581. The van der Waals surface area contributed by atoms with Crippen LogP contribution in [0.25, 0.3) is 0 Å². The van der Waals surface area contributed by atoms with Crippen LogP contribution in [0.1, 0.15) is 24.1 Å². The van der Waals surface area contributed by atoms with Gasteiger partial charge in [-0.25, -0.2) is 0 Å². The summed E-state index contributed by atoms with van der Waals surface area (Å²) in [6.45, 7) is 1.47. The molecule has 1 amide bonds. The fourth-order valence-corrected chi connectivity index (χ4v) is 2.13. The molecule has 0 aromatic heterocycles. The third-order valence-electron chi connectivity index (χ3n) is 3.22. The predicted octanol–water partition coefficient (Wildman–Crippen LogP) is 0.389. The van der Waals surface area contributed by atoms with Gasteiger partial charge in [0.25, 0.3) is 0 Å². The molecule has 1 aliphatic rings. The summed E-state index contributed by atoms with van der Waals surface area (Å²) in [7, 11) is 0. The summed E-state index contributed by atoms with van der Waals surface area (Å²) < 4.78 is 0. The van der Waals surface area contributed by atoms with Crippen LogP contribution >= 0.6 is 0 Å². The summed E-state index contributed by atoms with van der Waals surface area (Å²) in [6, 6.07) is 7.34. The van der Waals surface area contributed by atoms with Gasteiger partial charge in [-0.3, -0.25) is 4.79 Å². The molecule has 4 nitrogen and oxygen atoms in total. The van der Waals surface area contributed by atoms with Crippen LogP contribution in [0.5, 0.6) is 0 Å². The molecule has 0 aliphatic heterocycles. The van der Waals surface area contributed by atoms with Crippen LogP contribution in [-0.4, -0.2) is 28.8 Å². The number of aliphatic hydroxyl groups excluding tert-OH is 2. The standard InChI is InChI=1S/C13H17NO3/c1-8(7-15)13(17)14-12-10-5-3-2-4-9(10)6-11(12)16/h2-5,8,11-12,15-16H,6-7H2,1H3,(H,14,17). The smallest absolute Gasteiger partial charge is 0.225 e.